The van der Waals surface area contributed by atoms with Crippen molar-refractivity contribution in [2.24, 2.45) is 5.92 Å². The van der Waals surface area contributed by atoms with Gasteiger partial charge in [-0.25, -0.2) is 4.79 Å². The minimum absolute atomic E-state index is 0. The number of nitrogens with zero attached hydrogens (tertiary/aromatic N) is 1. The summed E-state index contributed by atoms with van der Waals surface area (Å²) >= 11 is 0. The van der Waals surface area contributed by atoms with Crippen LogP contribution >= 0.6 is 0 Å². The number of carbonyl (C=O) groups excluding carboxylic acids is 1. The molecule has 5 nitrogen and oxygen atoms in total. The Morgan fingerprint density at radius 1 is 1.17 bits per heavy atom. The van der Waals surface area contributed by atoms with E-state index in [2.05, 4.69) is 32.9 Å². The van der Waals surface area contributed by atoms with Gasteiger partial charge in [0.1, 0.15) is 5.60 Å². The van der Waals surface area contributed by atoms with Crippen molar-refractivity contribution in [3.63, 3.8) is 0 Å². The van der Waals surface area contributed by atoms with Crippen molar-refractivity contribution >= 4 is 6.09 Å². The molecule has 1 amide bonds. The van der Waals surface area contributed by atoms with Crippen LogP contribution < -0.4 is 6.15 Å². The van der Waals surface area contributed by atoms with E-state index in [9.17, 15) is 4.79 Å². The highest BCUT2D eigenvalue weighted by Gasteiger charge is 2.25. The molecule has 1 heterocycles. The second-order valence-electron chi connectivity index (χ2n) is 7.15. The fraction of sp³-hybridized carbons (Fsp3) is 0.632. The van der Waals surface area contributed by atoms with Gasteiger partial charge in [-0.05, 0) is 44.2 Å². The first-order chi connectivity index (χ1) is 10.7. The molecule has 0 aromatic heterocycles. The molecule has 24 heavy (non-hydrogen) atoms. The molecule has 5 heteroatoms. The van der Waals surface area contributed by atoms with E-state index in [1.807, 2.05) is 32.9 Å². The van der Waals surface area contributed by atoms with Crippen LogP contribution in [0.25, 0.3) is 0 Å². The molecule has 0 aliphatic carbocycles. The molecule has 0 saturated heterocycles. The monoisotopic (exact) mass is 342 g/mol. The predicted octanol–water partition coefficient (Wildman–Crippen LogP) is 4.66. The number of hydrogen-bond acceptors (Lipinski definition) is 4. The minimum Gasteiger partial charge on any atom is -0.444 e. The highest BCUT2D eigenvalue weighted by molar-refractivity contribution is 5.68. The molecule has 1 aromatic rings. The lowest BCUT2D eigenvalue weighted by molar-refractivity contribution is 0.0224. The van der Waals surface area contributed by atoms with E-state index in [0.717, 1.165) is 26.0 Å². The highest BCUT2D eigenvalue weighted by Crippen LogP contribution is 2.20. The van der Waals surface area contributed by atoms with E-state index in [1.165, 1.54) is 11.1 Å². The molecule has 0 radical (unpaired) electrons. The fourth-order valence-corrected chi connectivity index (χ4v) is 1.98. The summed E-state index contributed by atoms with van der Waals surface area (Å²) < 4.78 is 5.38. The van der Waals surface area contributed by atoms with Gasteiger partial charge in [0.2, 0.25) is 0 Å². The highest BCUT2D eigenvalue weighted by atomic mass is 16.6. The number of ether oxygens (including phenoxy) is 1. The SMILES string of the molecule is CC(C)(C)OC(=O)N1CCc2ccccc2C1.CC(C)C.CO.N.[HH]. The minimum atomic E-state index is -0.423. The maximum absolute atomic E-state index is 11.9. The molecular formula is C19H38N2O3. The lowest BCUT2D eigenvalue weighted by Gasteiger charge is -2.31. The predicted molar refractivity (Wildman–Crippen MR) is 103 cm³/mol. The molecule has 0 fully saturated rings. The van der Waals surface area contributed by atoms with Gasteiger partial charge in [0, 0.05) is 21.6 Å². The number of rotatable bonds is 0. The van der Waals surface area contributed by atoms with Crippen molar-refractivity contribution < 1.29 is 16.1 Å². The van der Waals surface area contributed by atoms with Gasteiger partial charge in [-0.1, -0.05) is 45.0 Å². The lowest BCUT2D eigenvalue weighted by atomic mass is 10.0. The molecule has 1 aliphatic rings. The van der Waals surface area contributed by atoms with Crippen molar-refractivity contribution in [3.05, 3.63) is 35.4 Å². The van der Waals surface area contributed by atoms with Crippen molar-refractivity contribution in [2.75, 3.05) is 13.7 Å². The average Bonchev–Trinajstić information content (AvgIpc) is 2.46. The zero-order chi connectivity index (χ0) is 18.0. The van der Waals surface area contributed by atoms with Crippen LogP contribution in [0.4, 0.5) is 4.79 Å². The Bertz CT molecular complexity index is 471. The van der Waals surface area contributed by atoms with E-state index in [4.69, 9.17) is 9.84 Å². The number of amides is 1. The third kappa shape index (κ3) is 10.2. The van der Waals surface area contributed by atoms with Crippen LogP contribution in [0.15, 0.2) is 24.3 Å². The molecule has 142 valence electrons. The quantitative estimate of drug-likeness (QED) is 0.718. The van der Waals surface area contributed by atoms with E-state index < -0.39 is 5.60 Å². The van der Waals surface area contributed by atoms with Crippen LogP contribution in [0.1, 0.15) is 54.1 Å². The standard InChI is InChI=1S/C14H19NO2.C4H10.CH4O.H3N.H2/c1-14(2,3)17-13(16)15-9-8-11-6-4-5-7-12(11)10-15;1-4(2)3;1-2;;/h4-7H,8-10H2,1-3H3;4H,1-3H3;2H,1H3;1H3;1H. The molecule has 1 aromatic carbocycles. The zero-order valence-corrected chi connectivity index (χ0v) is 16.4. The van der Waals surface area contributed by atoms with Gasteiger partial charge >= 0.3 is 6.09 Å². The molecule has 4 N–H and O–H groups in total. The van der Waals surface area contributed by atoms with Gasteiger partial charge in [0.05, 0.1) is 0 Å². The van der Waals surface area contributed by atoms with Gasteiger partial charge in [-0.3, -0.25) is 0 Å². The molecule has 0 bridgehead atoms. The second-order valence-corrected chi connectivity index (χ2v) is 7.15. The molecule has 0 unspecified atom stereocenters. The molecule has 1 aliphatic heterocycles. The van der Waals surface area contributed by atoms with Gasteiger partial charge in [0.25, 0.3) is 0 Å². The van der Waals surface area contributed by atoms with E-state index >= 15 is 0 Å². The largest absolute Gasteiger partial charge is 0.444 e. The number of benzene rings is 1. The van der Waals surface area contributed by atoms with Crippen molar-refractivity contribution in [1.29, 1.82) is 0 Å². The van der Waals surface area contributed by atoms with Crippen molar-refractivity contribution in [3.8, 4) is 0 Å². The van der Waals surface area contributed by atoms with Crippen LogP contribution in [-0.4, -0.2) is 35.4 Å². The molecular weight excluding hydrogens is 304 g/mol. The Morgan fingerprint density at radius 2 is 1.62 bits per heavy atom. The van der Waals surface area contributed by atoms with Crippen LogP contribution in [0, 0.1) is 5.92 Å². The smallest absolute Gasteiger partial charge is 0.410 e. The van der Waals surface area contributed by atoms with Crippen molar-refractivity contribution in [2.45, 2.75) is 60.1 Å². The summed E-state index contributed by atoms with van der Waals surface area (Å²) in [6.07, 6.45) is 0.696. The second kappa shape index (κ2) is 11.9. The number of aliphatic hydroxyl groups excluding tert-OH is 1. The maximum Gasteiger partial charge on any atom is 0.410 e. The number of fused-ring (bicyclic) bond motifs is 1. The molecule has 0 atom stereocenters. The Hall–Kier alpha value is -1.59. The lowest BCUT2D eigenvalue weighted by Crippen LogP contribution is -2.39. The van der Waals surface area contributed by atoms with Crippen LogP contribution in [0.5, 0.6) is 0 Å². The summed E-state index contributed by atoms with van der Waals surface area (Å²) in [5, 5.41) is 7.00. The first-order valence-corrected chi connectivity index (χ1v) is 8.18. The number of hydrogen-bond donors (Lipinski definition) is 2. The van der Waals surface area contributed by atoms with Crippen LogP contribution in [0.3, 0.4) is 0 Å². The van der Waals surface area contributed by atoms with E-state index in [1.54, 1.807) is 4.90 Å². The zero-order valence-electron chi connectivity index (χ0n) is 16.4. The van der Waals surface area contributed by atoms with Crippen LogP contribution in [-0.2, 0) is 17.7 Å². The average molecular weight is 343 g/mol. The normalized spacial score (nSPS) is 12.6. The number of aliphatic hydroxyl groups is 1. The summed E-state index contributed by atoms with van der Waals surface area (Å²) in [4.78, 5) is 13.7. The first-order valence-electron chi connectivity index (χ1n) is 8.18. The Labute approximate surface area is 149 Å². The summed E-state index contributed by atoms with van der Waals surface area (Å²) in [6.45, 7) is 13.6. The topological polar surface area (TPSA) is 84.8 Å². The van der Waals surface area contributed by atoms with Gasteiger partial charge in [0.15, 0.2) is 0 Å². The third-order valence-corrected chi connectivity index (χ3v) is 2.78. The Morgan fingerprint density at radius 3 is 2.08 bits per heavy atom. The van der Waals surface area contributed by atoms with E-state index in [-0.39, 0.29) is 13.7 Å². The Kier molecular flexibility index (Phi) is 12.2. The fourth-order valence-electron chi connectivity index (χ4n) is 1.98. The third-order valence-electron chi connectivity index (χ3n) is 2.78. The first kappa shape index (κ1) is 24.7. The number of carbonyl (C=O) groups is 1. The molecule has 0 spiro atoms. The van der Waals surface area contributed by atoms with Gasteiger partial charge in [-0.15, -0.1) is 0 Å². The Balaban J connectivity index is -0.000000536. The summed E-state index contributed by atoms with van der Waals surface area (Å²) in [5.41, 5.74) is 2.14. The summed E-state index contributed by atoms with van der Waals surface area (Å²) in [7, 11) is 1.00. The van der Waals surface area contributed by atoms with Gasteiger partial charge < -0.3 is 20.9 Å². The summed E-state index contributed by atoms with van der Waals surface area (Å²) in [6, 6.07) is 8.26. The molecule has 2 rings (SSSR count). The molecule has 0 saturated carbocycles. The van der Waals surface area contributed by atoms with E-state index in [0.29, 0.717) is 6.54 Å². The van der Waals surface area contributed by atoms with Gasteiger partial charge in [-0.2, -0.15) is 0 Å². The van der Waals surface area contributed by atoms with Crippen molar-refractivity contribution in [1.82, 2.24) is 11.1 Å². The van der Waals surface area contributed by atoms with Crippen LogP contribution in [0.2, 0.25) is 0 Å². The summed E-state index contributed by atoms with van der Waals surface area (Å²) in [5.74, 6) is 0.833. The maximum atomic E-state index is 11.9.